The third-order valence-corrected chi connectivity index (χ3v) is 2.92. The van der Waals surface area contributed by atoms with Gasteiger partial charge < -0.3 is 15.2 Å². The van der Waals surface area contributed by atoms with E-state index in [4.69, 9.17) is 9.84 Å². The highest BCUT2D eigenvalue weighted by molar-refractivity contribution is 7.99. The van der Waals surface area contributed by atoms with Crippen LogP contribution in [0.3, 0.4) is 0 Å². The van der Waals surface area contributed by atoms with Gasteiger partial charge in [-0.3, -0.25) is 4.79 Å². The number of carbonyl (C=O) groups excluding carboxylic acids is 1. The molecular formula is C11H21NO4S. The highest BCUT2D eigenvalue weighted by Gasteiger charge is 2.15. The minimum absolute atomic E-state index is 0.426. The summed E-state index contributed by atoms with van der Waals surface area (Å²) in [6.45, 7) is 5.62. The van der Waals surface area contributed by atoms with E-state index in [2.05, 4.69) is 19.2 Å². The summed E-state index contributed by atoms with van der Waals surface area (Å²) in [5, 5.41) is 11.0. The number of carboxylic acid groups (broad SMARTS) is 1. The van der Waals surface area contributed by atoms with Crippen molar-refractivity contribution in [1.82, 2.24) is 5.32 Å². The van der Waals surface area contributed by atoms with Crippen molar-refractivity contribution in [2.45, 2.75) is 26.3 Å². The second-order valence-corrected chi connectivity index (χ2v) is 5.27. The van der Waals surface area contributed by atoms with Crippen molar-refractivity contribution in [3.8, 4) is 0 Å². The van der Waals surface area contributed by atoms with Gasteiger partial charge in [0.1, 0.15) is 6.04 Å². The second kappa shape index (κ2) is 10.4. The molecule has 0 saturated heterocycles. The van der Waals surface area contributed by atoms with Crippen molar-refractivity contribution in [1.29, 1.82) is 0 Å². The van der Waals surface area contributed by atoms with E-state index in [0.717, 1.165) is 12.4 Å². The third kappa shape index (κ3) is 10.1. The molecule has 1 unspecified atom stereocenters. The molecule has 0 radical (unpaired) electrons. The fourth-order valence-corrected chi connectivity index (χ4v) is 1.94. The van der Waals surface area contributed by atoms with Crippen LogP contribution in [-0.4, -0.2) is 48.2 Å². The Morgan fingerprint density at radius 2 is 2.18 bits per heavy atom. The van der Waals surface area contributed by atoms with Crippen LogP contribution in [0.2, 0.25) is 0 Å². The number of hydrogen-bond donors (Lipinski definition) is 2. The lowest BCUT2D eigenvalue weighted by Crippen LogP contribution is -2.36. The lowest BCUT2D eigenvalue weighted by Gasteiger charge is -2.10. The molecule has 100 valence electrons. The molecule has 0 saturated carbocycles. The van der Waals surface area contributed by atoms with Crippen molar-refractivity contribution >= 4 is 24.1 Å². The van der Waals surface area contributed by atoms with E-state index in [0.29, 0.717) is 31.1 Å². The Bertz CT molecular complexity index is 224. The Hall–Kier alpha value is -0.750. The summed E-state index contributed by atoms with van der Waals surface area (Å²) >= 11 is 1.63. The van der Waals surface area contributed by atoms with Crippen molar-refractivity contribution in [3.05, 3.63) is 0 Å². The Kier molecular flexibility index (Phi) is 9.95. The van der Waals surface area contributed by atoms with Crippen LogP contribution >= 0.6 is 11.8 Å². The number of carbonyl (C=O) groups is 2. The molecule has 0 aromatic heterocycles. The molecule has 0 aliphatic rings. The molecule has 1 atom stereocenters. The summed E-state index contributed by atoms with van der Waals surface area (Å²) in [5.41, 5.74) is 0. The van der Waals surface area contributed by atoms with Gasteiger partial charge in [-0.15, -0.1) is 0 Å². The first-order valence-electron chi connectivity index (χ1n) is 5.66. The van der Waals surface area contributed by atoms with Crippen molar-refractivity contribution in [3.63, 3.8) is 0 Å². The summed E-state index contributed by atoms with van der Waals surface area (Å²) in [7, 11) is 0. The highest BCUT2D eigenvalue weighted by atomic mass is 32.2. The van der Waals surface area contributed by atoms with E-state index in [1.54, 1.807) is 11.8 Å². The van der Waals surface area contributed by atoms with Gasteiger partial charge in [-0.25, -0.2) is 4.79 Å². The summed E-state index contributed by atoms with van der Waals surface area (Å²) in [4.78, 5) is 20.8. The molecule has 0 aromatic carbocycles. The fourth-order valence-electron chi connectivity index (χ4n) is 1.10. The molecule has 2 N–H and O–H groups in total. The van der Waals surface area contributed by atoms with Crippen molar-refractivity contribution in [2.75, 3.05) is 24.7 Å². The van der Waals surface area contributed by atoms with Crippen molar-refractivity contribution < 1.29 is 19.4 Å². The molecule has 0 rings (SSSR count). The first-order valence-corrected chi connectivity index (χ1v) is 6.81. The number of thioether (sulfide) groups is 1. The maximum absolute atomic E-state index is 10.7. The Morgan fingerprint density at radius 1 is 1.47 bits per heavy atom. The van der Waals surface area contributed by atoms with E-state index in [9.17, 15) is 9.59 Å². The number of nitrogens with one attached hydrogen (secondary N) is 1. The van der Waals surface area contributed by atoms with Crippen LogP contribution in [0.25, 0.3) is 0 Å². The average Bonchev–Trinajstić information content (AvgIpc) is 2.25. The molecular weight excluding hydrogens is 242 g/mol. The Labute approximate surface area is 106 Å². The summed E-state index contributed by atoms with van der Waals surface area (Å²) in [5.74, 6) is 1.09. The van der Waals surface area contributed by atoms with E-state index in [1.807, 2.05) is 0 Å². The molecule has 0 fully saturated rings. The minimum atomic E-state index is -0.992. The van der Waals surface area contributed by atoms with E-state index in [1.165, 1.54) is 0 Å². The van der Waals surface area contributed by atoms with Crippen LogP contribution in [0, 0.1) is 5.92 Å². The van der Waals surface area contributed by atoms with Gasteiger partial charge in [0, 0.05) is 12.4 Å². The van der Waals surface area contributed by atoms with Crippen LogP contribution in [0.15, 0.2) is 0 Å². The smallest absolute Gasteiger partial charge is 0.326 e. The Balaban J connectivity index is 3.42. The lowest BCUT2D eigenvalue weighted by atomic mass is 10.2. The minimum Gasteiger partial charge on any atom is -0.480 e. The Morgan fingerprint density at radius 3 is 2.71 bits per heavy atom. The van der Waals surface area contributed by atoms with Crippen molar-refractivity contribution in [2.24, 2.45) is 5.92 Å². The standard InChI is InChI=1S/C11H21NO4S/c1-9(2)7-16-4-6-17-5-3-10(11(14)15)12-8-13/h8-10H,3-7H2,1-2H3,(H,12,13)(H,14,15). The number of hydrogen-bond acceptors (Lipinski definition) is 4. The molecule has 0 bridgehead atoms. The molecule has 0 heterocycles. The SMILES string of the molecule is CC(C)COCCSCCC(NC=O)C(=O)O. The quantitative estimate of drug-likeness (QED) is 0.429. The van der Waals surface area contributed by atoms with Gasteiger partial charge in [-0.05, 0) is 18.1 Å². The zero-order valence-corrected chi connectivity index (χ0v) is 11.2. The number of amides is 1. The summed E-state index contributed by atoms with van der Waals surface area (Å²) in [6.07, 6.45) is 0.859. The molecule has 0 spiro atoms. The first-order chi connectivity index (χ1) is 8.07. The van der Waals surface area contributed by atoms with Gasteiger partial charge >= 0.3 is 5.97 Å². The van der Waals surface area contributed by atoms with E-state index < -0.39 is 12.0 Å². The van der Waals surface area contributed by atoms with Gasteiger partial charge in [-0.2, -0.15) is 11.8 Å². The van der Waals surface area contributed by atoms with Gasteiger partial charge in [0.25, 0.3) is 0 Å². The lowest BCUT2D eigenvalue weighted by molar-refractivity contribution is -0.140. The number of ether oxygens (including phenoxy) is 1. The van der Waals surface area contributed by atoms with E-state index >= 15 is 0 Å². The fraction of sp³-hybridized carbons (Fsp3) is 0.818. The normalized spacial score (nSPS) is 12.4. The number of aliphatic carboxylic acids is 1. The molecule has 6 heteroatoms. The maximum atomic E-state index is 10.7. The average molecular weight is 263 g/mol. The topological polar surface area (TPSA) is 75.6 Å². The molecule has 0 aromatic rings. The third-order valence-electron chi connectivity index (χ3n) is 1.94. The van der Waals surface area contributed by atoms with Crippen LogP contribution in [-0.2, 0) is 14.3 Å². The predicted molar refractivity (Wildman–Crippen MR) is 68.2 cm³/mol. The van der Waals surface area contributed by atoms with Crippen LogP contribution < -0.4 is 5.32 Å². The molecule has 0 aliphatic heterocycles. The molecule has 5 nitrogen and oxygen atoms in total. The second-order valence-electron chi connectivity index (χ2n) is 4.05. The first kappa shape index (κ1) is 16.2. The van der Waals surface area contributed by atoms with Crippen LogP contribution in [0.5, 0.6) is 0 Å². The van der Waals surface area contributed by atoms with Crippen LogP contribution in [0.1, 0.15) is 20.3 Å². The van der Waals surface area contributed by atoms with Gasteiger partial charge in [0.2, 0.25) is 6.41 Å². The monoisotopic (exact) mass is 263 g/mol. The van der Waals surface area contributed by atoms with Crippen LogP contribution in [0.4, 0.5) is 0 Å². The van der Waals surface area contributed by atoms with Gasteiger partial charge in [-0.1, -0.05) is 13.8 Å². The zero-order chi connectivity index (χ0) is 13.1. The van der Waals surface area contributed by atoms with Gasteiger partial charge in [0.15, 0.2) is 0 Å². The van der Waals surface area contributed by atoms with E-state index in [-0.39, 0.29) is 0 Å². The largest absolute Gasteiger partial charge is 0.480 e. The number of carboxylic acids is 1. The number of rotatable bonds is 11. The summed E-state index contributed by atoms with van der Waals surface area (Å²) in [6, 6.07) is -0.781. The molecule has 0 aliphatic carbocycles. The predicted octanol–water partition coefficient (Wildman–Crippen LogP) is 0.981. The zero-order valence-electron chi connectivity index (χ0n) is 10.3. The molecule has 1 amide bonds. The highest BCUT2D eigenvalue weighted by Crippen LogP contribution is 2.05. The summed E-state index contributed by atoms with van der Waals surface area (Å²) < 4.78 is 5.39. The maximum Gasteiger partial charge on any atom is 0.326 e. The van der Waals surface area contributed by atoms with Gasteiger partial charge in [0.05, 0.1) is 6.61 Å². The molecule has 17 heavy (non-hydrogen) atoms.